The predicted octanol–water partition coefficient (Wildman–Crippen LogP) is -2.80. The molecule has 0 radical (unpaired) electrons. The van der Waals surface area contributed by atoms with Gasteiger partial charge in [0.05, 0.1) is 6.61 Å². The zero-order valence-corrected chi connectivity index (χ0v) is 6.01. The highest BCUT2D eigenvalue weighted by atomic mass is 16.6. The maximum Gasteiger partial charge on any atom is 0.343 e. The van der Waals surface area contributed by atoms with Crippen LogP contribution in [0.5, 0.6) is 0 Å². The molecule has 68 valence electrons. The third-order valence-corrected chi connectivity index (χ3v) is 1.55. The second-order valence-corrected chi connectivity index (χ2v) is 2.41. The quantitative estimate of drug-likeness (QED) is 0.310. The van der Waals surface area contributed by atoms with Crippen LogP contribution < -0.4 is 0 Å². The summed E-state index contributed by atoms with van der Waals surface area (Å²) >= 11 is 0. The number of esters is 1. The Labute approximate surface area is 67.4 Å². The molecule has 1 heterocycles. The average molecular weight is 176 g/mol. The van der Waals surface area contributed by atoms with Crippen molar-refractivity contribution in [3.8, 4) is 0 Å². The summed E-state index contributed by atoms with van der Waals surface area (Å²) in [5, 5.41) is 26.1. The molecule has 0 aromatic heterocycles. The number of rotatable bonds is 2. The van der Waals surface area contributed by atoms with Crippen LogP contribution in [0.3, 0.4) is 0 Å². The third-order valence-electron chi connectivity index (χ3n) is 1.55. The van der Waals surface area contributed by atoms with Gasteiger partial charge in [-0.05, 0) is 0 Å². The largest absolute Gasteiger partial charge is 0.449 e. The number of aliphatic hydroxyl groups is 3. The number of aliphatic hydroxyl groups excluding tert-OH is 3. The summed E-state index contributed by atoms with van der Waals surface area (Å²) in [6.45, 7) is -0.698. The summed E-state index contributed by atoms with van der Waals surface area (Å²) in [4.78, 5) is 21.4. The lowest BCUT2D eigenvalue weighted by Gasteiger charge is -2.11. The van der Waals surface area contributed by atoms with E-state index in [1.807, 2.05) is 0 Å². The fourth-order valence-electron chi connectivity index (χ4n) is 0.883. The molecule has 0 aromatic rings. The van der Waals surface area contributed by atoms with E-state index in [4.69, 9.17) is 15.3 Å². The van der Waals surface area contributed by atoms with Gasteiger partial charge in [-0.25, -0.2) is 4.79 Å². The average Bonchev–Trinajstić information content (AvgIpc) is 2.32. The van der Waals surface area contributed by atoms with E-state index in [2.05, 4.69) is 4.74 Å². The zero-order valence-electron chi connectivity index (χ0n) is 6.01. The highest BCUT2D eigenvalue weighted by molar-refractivity contribution is 6.09. The summed E-state index contributed by atoms with van der Waals surface area (Å²) < 4.78 is 4.29. The molecule has 1 aliphatic rings. The van der Waals surface area contributed by atoms with E-state index in [-0.39, 0.29) is 0 Å². The van der Waals surface area contributed by atoms with Gasteiger partial charge in [-0.3, -0.25) is 4.79 Å². The van der Waals surface area contributed by atoms with Crippen molar-refractivity contribution in [1.82, 2.24) is 0 Å². The summed E-state index contributed by atoms with van der Waals surface area (Å²) in [6.07, 6.45) is -4.72. The van der Waals surface area contributed by atoms with Crippen molar-refractivity contribution < 1.29 is 29.6 Å². The van der Waals surface area contributed by atoms with Crippen LogP contribution >= 0.6 is 0 Å². The molecule has 1 rings (SSSR count). The van der Waals surface area contributed by atoms with Crippen molar-refractivity contribution in [1.29, 1.82) is 0 Å². The van der Waals surface area contributed by atoms with Gasteiger partial charge in [0, 0.05) is 0 Å². The van der Waals surface area contributed by atoms with Gasteiger partial charge in [-0.1, -0.05) is 0 Å². The second kappa shape index (κ2) is 3.18. The second-order valence-electron chi connectivity index (χ2n) is 2.41. The van der Waals surface area contributed by atoms with Crippen molar-refractivity contribution in [2.75, 3.05) is 6.61 Å². The van der Waals surface area contributed by atoms with Gasteiger partial charge >= 0.3 is 5.97 Å². The highest BCUT2D eigenvalue weighted by Gasteiger charge is 2.45. The molecule has 0 saturated carbocycles. The normalized spacial score (nSPS) is 31.9. The highest BCUT2D eigenvalue weighted by Crippen LogP contribution is 2.13. The number of hydrogen-bond acceptors (Lipinski definition) is 6. The first kappa shape index (κ1) is 9.11. The molecule has 0 amide bonds. The van der Waals surface area contributed by atoms with Crippen LogP contribution in [0.1, 0.15) is 0 Å². The molecule has 6 nitrogen and oxygen atoms in total. The standard InChI is InChI=1S/C6H8O6/c7-1-2(8)5-3(9)4(10)6(11)12-5/h2,4-5,7-8,10H,1H2/t2-,4?,5-/m1/s1. The lowest BCUT2D eigenvalue weighted by molar-refractivity contribution is -0.151. The summed E-state index contributed by atoms with van der Waals surface area (Å²) in [5.74, 6) is -2.00. The maximum absolute atomic E-state index is 10.8. The molecule has 0 aromatic carbocycles. The van der Waals surface area contributed by atoms with Crippen LogP contribution in [0.2, 0.25) is 0 Å². The van der Waals surface area contributed by atoms with Crippen LogP contribution in [0.25, 0.3) is 0 Å². The van der Waals surface area contributed by atoms with Crippen molar-refractivity contribution in [2.45, 2.75) is 18.3 Å². The van der Waals surface area contributed by atoms with Crippen LogP contribution in [0.15, 0.2) is 0 Å². The van der Waals surface area contributed by atoms with E-state index in [1.165, 1.54) is 0 Å². The smallest absolute Gasteiger partial charge is 0.343 e. The van der Waals surface area contributed by atoms with E-state index >= 15 is 0 Å². The van der Waals surface area contributed by atoms with Gasteiger partial charge < -0.3 is 20.1 Å². The SMILES string of the molecule is O=C1O[C@H]([C@H](O)CO)C(=O)C1O. The molecule has 0 bridgehead atoms. The summed E-state index contributed by atoms with van der Waals surface area (Å²) in [7, 11) is 0. The molecule has 3 atom stereocenters. The minimum Gasteiger partial charge on any atom is -0.449 e. The van der Waals surface area contributed by atoms with Crippen LogP contribution in [0.4, 0.5) is 0 Å². The van der Waals surface area contributed by atoms with E-state index < -0.39 is 36.7 Å². The molecule has 0 spiro atoms. The Morgan fingerprint density at radius 1 is 1.50 bits per heavy atom. The maximum atomic E-state index is 10.8. The van der Waals surface area contributed by atoms with Crippen molar-refractivity contribution in [3.05, 3.63) is 0 Å². The summed E-state index contributed by atoms with van der Waals surface area (Å²) in [6, 6.07) is 0. The fraction of sp³-hybridized carbons (Fsp3) is 0.667. The molecule has 12 heavy (non-hydrogen) atoms. The van der Waals surface area contributed by atoms with Crippen molar-refractivity contribution in [2.24, 2.45) is 0 Å². The Bertz CT molecular complexity index is 212. The topological polar surface area (TPSA) is 104 Å². The molecule has 6 heteroatoms. The fourth-order valence-corrected chi connectivity index (χ4v) is 0.883. The number of ether oxygens (including phenoxy) is 1. The van der Waals surface area contributed by atoms with Gasteiger partial charge in [-0.15, -0.1) is 0 Å². The molecular formula is C6H8O6. The molecule has 0 aliphatic carbocycles. The van der Waals surface area contributed by atoms with Crippen molar-refractivity contribution >= 4 is 11.8 Å². The van der Waals surface area contributed by atoms with E-state index in [0.717, 1.165) is 0 Å². The van der Waals surface area contributed by atoms with Gasteiger partial charge in [0.25, 0.3) is 0 Å². The van der Waals surface area contributed by atoms with E-state index in [1.54, 1.807) is 0 Å². The first-order valence-electron chi connectivity index (χ1n) is 3.29. The molecule has 1 aliphatic heterocycles. The van der Waals surface area contributed by atoms with Crippen LogP contribution in [0, 0.1) is 0 Å². The van der Waals surface area contributed by atoms with Crippen LogP contribution in [-0.4, -0.2) is 52.0 Å². The Morgan fingerprint density at radius 3 is 2.42 bits per heavy atom. The van der Waals surface area contributed by atoms with Crippen LogP contribution in [-0.2, 0) is 14.3 Å². The molecule has 1 unspecified atom stereocenters. The van der Waals surface area contributed by atoms with E-state index in [9.17, 15) is 9.59 Å². The van der Waals surface area contributed by atoms with Crippen molar-refractivity contribution in [3.63, 3.8) is 0 Å². The summed E-state index contributed by atoms with van der Waals surface area (Å²) in [5.41, 5.74) is 0. The molecule has 1 fully saturated rings. The van der Waals surface area contributed by atoms with E-state index in [0.29, 0.717) is 0 Å². The van der Waals surface area contributed by atoms with Gasteiger partial charge in [-0.2, -0.15) is 0 Å². The van der Waals surface area contributed by atoms with Gasteiger partial charge in [0.15, 0.2) is 6.10 Å². The Morgan fingerprint density at radius 2 is 2.08 bits per heavy atom. The predicted molar refractivity (Wildman–Crippen MR) is 34.0 cm³/mol. The minimum atomic E-state index is -1.82. The first-order chi connectivity index (χ1) is 5.57. The lowest BCUT2D eigenvalue weighted by Crippen LogP contribution is -2.36. The Kier molecular flexibility index (Phi) is 2.41. The number of Topliss-reactive ketones (excluding diaryl/α,β-unsaturated/α-hetero) is 1. The van der Waals surface area contributed by atoms with Gasteiger partial charge in [0.1, 0.15) is 6.10 Å². The monoisotopic (exact) mass is 176 g/mol. The minimum absolute atomic E-state index is 0.698. The number of carbonyl (C=O) groups is 2. The zero-order chi connectivity index (χ0) is 9.30. The number of hydrogen-bond donors (Lipinski definition) is 3. The number of carbonyl (C=O) groups excluding carboxylic acids is 2. The number of cyclic esters (lactones) is 1. The molecular weight excluding hydrogens is 168 g/mol. The molecule has 3 N–H and O–H groups in total. The Balaban J connectivity index is 2.71. The number of ketones is 1. The lowest BCUT2D eigenvalue weighted by atomic mass is 10.1. The van der Waals surface area contributed by atoms with Gasteiger partial charge in [0.2, 0.25) is 11.9 Å². The Hall–Kier alpha value is -0.980. The first-order valence-corrected chi connectivity index (χ1v) is 3.29. The molecule has 1 saturated heterocycles. The third kappa shape index (κ3) is 1.31.